The third kappa shape index (κ3) is 7.44. The van der Waals surface area contributed by atoms with Crippen LogP contribution in [0.1, 0.15) is 33.3 Å². The van der Waals surface area contributed by atoms with E-state index < -0.39 is 9.84 Å². The summed E-state index contributed by atoms with van der Waals surface area (Å²) in [5, 5.41) is 6.56. The van der Waals surface area contributed by atoms with Gasteiger partial charge >= 0.3 is 0 Å². The number of aliphatic imine (C=N–C) groups is 1. The molecule has 0 aliphatic heterocycles. The average molecular weight is 369 g/mol. The Morgan fingerprint density at radius 3 is 2.08 bits per heavy atom. The number of hydrogen-bond donors (Lipinski definition) is 2. The molecule has 2 N–H and O–H groups in total. The van der Waals surface area contributed by atoms with Gasteiger partial charge in [0.1, 0.15) is 0 Å². The molecular formula is C18H32N4O2S. The Morgan fingerprint density at radius 1 is 1.08 bits per heavy atom. The molecule has 6 nitrogen and oxygen atoms in total. The van der Waals surface area contributed by atoms with Gasteiger partial charge < -0.3 is 10.6 Å². The van der Waals surface area contributed by atoms with Gasteiger partial charge in [0.2, 0.25) is 0 Å². The number of guanidine groups is 1. The maximum Gasteiger partial charge on any atom is 0.191 e. The van der Waals surface area contributed by atoms with Crippen LogP contribution in [0.15, 0.2) is 34.2 Å². The molecule has 0 heterocycles. The van der Waals surface area contributed by atoms with Crippen molar-refractivity contribution in [3.05, 3.63) is 29.8 Å². The molecule has 0 bridgehead atoms. The molecule has 142 valence electrons. The van der Waals surface area contributed by atoms with Gasteiger partial charge in [0.25, 0.3) is 0 Å². The van der Waals surface area contributed by atoms with E-state index in [1.165, 1.54) is 6.26 Å². The standard InChI is InChI=1S/C18H32N4O2S/c1-14(2)22(15(3)4)12-11-20-18(19-5)21-13-16-7-9-17(10-8-16)25(6,23)24/h7-10,14-15H,11-13H2,1-6H3,(H2,19,20,21). The highest BCUT2D eigenvalue weighted by Gasteiger charge is 2.12. The normalized spacial score (nSPS) is 12.9. The molecule has 0 amide bonds. The highest BCUT2D eigenvalue weighted by molar-refractivity contribution is 7.90. The summed E-state index contributed by atoms with van der Waals surface area (Å²) in [4.78, 5) is 6.98. The summed E-state index contributed by atoms with van der Waals surface area (Å²) in [5.41, 5.74) is 1.00. The molecule has 0 saturated carbocycles. The van der Waals surface area contributed by atoms with Gasteiger partial charge in [0, 0.05) is 45.0 Å². The summed E-state index contributed by atoms with van der Waals surface area (Å²) in [6, 6.07) is 7.90. The molecule has 0 aromatic heterocycles. The maximum absolute atomic E-state index is 11.5. The highest BCUT2D eigenvalue weighted by Crippen LogP contribution is 2.10. The molecule has 1 rings (SSSR count). The Labute approximate surface area is 152 Å². The van der Waals surface area contributed by atoms with Crippen molar-refractivity contribution in [3.8, 4) is 0 Å². The molecule has 0 aliphatic carbocycles. The summed E-state index contributed by atoms with van der Waals surface area (Å²) < 4.78 is 23.0. The largest absolute Gasteiger partial charge is 0.355 e. The SMILES string of the molecule is CN=C(NCCN(C(C)C)C(C)C)NCc1ccc(S(C)(=O)=O)cc1. The van der Waals surface area contributed by atoms with Crippen molar-refractivity contribution in [1.82, 2.24) is 15.5 Å². The summed E-state index contributed by atoms with van der Waals surface area (Å²) >= 11 is 0. The van der Waals surface area contributed by atoms with Gasteiger partial charge in [-0.3, -0.25) is 9.89 Å². The fraction of sp³-hybridized carbons (Fsp3) is 0.611. The number of rotatable bonds is 8. The average Bonchev–Trinajstić information content (AvgIpc) is 2.53. The maximum atomic E-state index is 11.5. The molecule has 1 aromatic carbocycles. The third-order valence-corrected chi connectivity index (χ3v) is 5.15. The Balaban J connectivity index is 2.49. The van der Waals surface area contributed by atoms with Gasteiger partial charge in [-0.2, -0.15) is 0 Å². The van der Waals surface area contributed by atoms with E-state index in [2.05, 4.69) is 48.2 Å². The lowest BCUT2D eigenvalue weighted by atomic mass is 10.2. The summed E-state index contributed by atoms with van der Waals surface area (Å²) in [6.45, 7) is 11.1. The van der Waals surface area contributed by atoms with Gasteiger partial charge in [-0.05, 0) is 45.4 Å². The molecule has 0 saturated heterocycles. The number of benzene rings is 1. The zero-order chi connectivity index (χ0) is 19.0. The van der Waals surface area contributed by atoms with Crippen LogP contribution in [0.3, 0.4) is 0 Å². The van der Waals surface area contributed by atoms with Gasteiger partial charge in [-0.25, -0.2) is 8.42 Å². The van der Waals surface area contributed by atoms with Crippen LogP contribution in [-0.2, 0) is 16.4 Å². The quantitative estimate of drug-likeness (QED) is 0.541. The second-order valence-corrected chi connectivity index (χ2v) is 8.71. The first-order valence-corrected chi connectivity index (χ1v) is 10.5. The smallest absolute Gasteiger partial charge is 0.191 e. The second-order valence-electron chi connectivity index (χ2n) is 6.69. The van der Waals surface area contributed by atoms with E-state index in [1.807, 2.05) is 12.1 Å². The first-order chi connectivity index (χ1) is 11.6. The number of nitrogens with one attached hydrogen (secondary N) is 2. The van der Waals surface area contributed by atoms with Gasteiger partial charge in [-0.1, -0.05) is 12.1 Å². The fourth-order valence-corrected chi connectivity index (χ4v) is 3.31. The van der Waals surface area contributed by atoms with Crippen LogP contribution in [-0.4, -0.2) is 57.8 Å². The zero-order valence-corrected chi connectivity index (χ0v) is 17.0. The van der Waals surface area contributed by atoms with E-state index in [9.17, 15) is 8.42 Å². The van der Waals surface area contributed by atoms with Gasteiger partial charge in [-0.15, -0.1) is 0 Å². The van der Waals surface area contributed by atoms with Crippen molar-refractivity contribution >= 4 is 15.8 Å². The van der Waals surface area contributed by atoms with Crippen LogP contribution in [0.2, 0.25) is 0 Å². The molecule has 25 heavy (non-hydrogen) atoms. The lowest BCUT2D eigenvalue weighted by molar-refractivity contribution is 0.178. The minimum absolute atomic E-state index is 0.334. The van der Waals surface area contributed by atoms with E-state index >= 15 is 0 Å². The molecule has 7 heteroatoms. The first-order valence-electron chi connectivity index (χ1n) is 8.64. The molecule has 0 spiro atoms. The van der Waals surface area contributed by atoms with E-state index in [0.29, 0.717) is 23.5 Å². The van der Waals surface area contributed by atoms with E-state index in [4.69, 9.17) is 0 Å². The second kappa shape index (κ2) is 9.77. The van der Waals surface area contributed by atoms with Crippen LogP contribution in [0, 0.1) is 0 Å². The summed E-state index contributed by atoms with van der Waals surface area (Å²) in [5.74, 6) is 0.736. The number of hydrogen-bond acceptors (Lipinski definition) is 4. The van der Waals surface area contributed by atoms with Gasteiger partial charge in [0.15, 0.2) is 15.8 Å². The van der Waals surface area contributed by atoms with E-state index in [0.717, 1.165) is 24.6 Å². The lowest BCUT2D eigenvalue weighted by Gasteiger charge is -2.30. The fourth-order valence-electron chi connectivity index (χ4n) is 2.68. The summed E-state index contributed by atoms with van der Waals surface area (Å²) in [7, 11) is -1.41. The minimum Gasteiger partial charge on any atom is -0.355 e. The molecule has 0 fully saturated rings. The molecule has 1 aromatic rings. The number of sulfone groups is 1. The Morgan fingerprint density at radius 2 is 1.64 bits per heavy atom. The third-order valence-electron chi connectivity index (χ3n) is 4.02. The van der Waals surface area contributed by atoms with Crippen LogP contribution >= 0.6 is 0 Å². The molecule has 0 radical (unpaired) electrons. The van der Waals surface area contributed by atoms with E-state index in [-0.39, 0.29) is 0 Å². The Bertz CT molecular complexity index is 644. The molecule has 0 unspecified atom stereocenters. The first kappa shape index (κ1) is 21.4. The van der Waals surface area contributed by atoms with Crippen molar-refractivity contribution in [1.29, 1.82) is 0 Å². The van der Waals surface area contributed by atoms with Crippen LogP contribution < -0.4 is 10.6 Å². The lowest BCUT2D eigenvalue weighted by Crippen LogP contribution is -2.45. The van der Waals surface area contributed by atoms with Crippen molar-refractivity contribution < 1.29 is 8.42 Å². The number of nitrogens with zero attached hydrogens (tertiary/aromatic N) is 2. The molecule has 0 atom stereocenters. The predicted molar refractivity (Wildman–Crippen MR) is 105 cm³/mol. The minimum atomic E-state index is -3.15. The van der Waals surface area contributed by atoms with Crippen molar-refractivity contribution in [2.75, 3.05) is 26.4 Å². The van der Waals surface area contributed by atoms with E-state index in [1.54, 1.807) is 19.2 Å². The van der Waals surface area contributed by atoms with Crippen LogP contribution in [0.25, 0.3) is 0 Å². The Hall–Kier alpha value is -1.60. The molecular weight excluding hydrogens is 336 g/mol. The monoisotopic (exact) mass is 368 g/mol. The summed E-state index contributed by atoms with van der Waals surface area (Å²) in [6.07, 6.45) is 1.21. The zero-order valence-electron chi connectivity index (χ0n) is 16.2. The van der Waals surface area contributed by atoms with Crippen molar-refractivity contribution in [2.24, 2.45) is 4.99 Å². The van der Waals surface area contributed by atoms with Crippen LogP contribution in [0.5, 0.6) is 0 Å². The predicted octanol–water partition coefficient (Wildman–Crippen LogP) is 1.87. The van der Waals surface area contributed by atoms with Gasteiger partial charge in [0.05, 0.1) is 4.90 Å². The van der Waals surface area contributed by atoms with Crippen LogP contribution in [0.4, 0.5) is 0 Å². The topological polar surface area (TPSA) is 73.8 Å². The van der Waals surface area contributed by atoms with Crippen molar-refractivity contribution in [2.45, 2.75) is 51.2 Å². The van der Waals surface area contributed by atoms with Crippen molar-refractivity contribution in [3.63, 3.8) is 0 Å². The Kier molecular flexibility index (Phi) is 8.38. The highest BCUT2D eigenvalue weighted by atomic mass is 32.2. The molecule has 0 aliphatic rings.